The van der Waals surface area contributed by atoms with E-state index in [9.17, 15) is 29.1 Å². The summed E-state index contributed by atoms with van der Waals surface area (Å²) >= 11 is 0. The molecule has 1 spiro atoms. The Labute approximate surface area is 310 Å². The fourth-order valence-electron chi connectivity index (χ4n) is 7.83. The molecule has 6 atom stereocenters. The maximum Gasteiger partial charge on any atom is 0.408 e. The van der Waals surface area contributed by atoms with Crippen molar-refractivity contribution in [3.8, 4) is 11.5 Å². The van der Waals surface area contributed by atoms with Gasteiger partial charge in [0, 0.05) is 31.0 Å². The first-order valence-corrected chi connectivity index (χ1v) is 18.1. The minimum Gasteiger partial charge on any atom is -0.493 e. The first-order chi connectivity index (χ1) is 24.7. The molecule has 15 heteroatoms. The van der Waals surface area contributed by atoms with E-state index in [0.717, 1.165) is 11.1 Å². The monoisotopic (exact) mass is 743 g/mol. The van der Waals surface area contributed by atoms with Crippen molar-refractivity contribution in [3.05, 3.63) is 35.1 Å². The number of benzene rings is 1. The third-order valence-electron chi connectivity index (χ3n) is 10.1. The smallest absolute Gasteiger partial charge is 0.408 e. The van der Waals surface area contributed by atoms with Gasteiger partial charge in [0.25, 0.3) is 0 Å². The highest BCUT2D eigenvalue weighted by Gasteiger charge is 2.72. The van der Waals surface area contributed by atoms with Crippen molar-refractivity contribution >= 4 is 29.9 Å². The molecular weight excluding hydrogens is 690 g/mol. The van der Waals surface area contributed by atoms with E-state index in [-0.39, 0.29) is 44.0 Å². The molecule has 53 heavy (non-hydrogen) atoms. The molecule has 292 valence electrons. The summed E-state index contributed by atoms with van der Waals surface area (Å²) in [6.07, 6.45) is -0.246. The molecule has 4 aliphatic rings. The lowest BCUT2D eigenvalue weighted by Crippen LogP contribution is -2.74. The fourth-order valence-corrected chi connectivity index (χ4v) is 7.83. The second-order valence-corrected chi connectivity index (χ2v) is 16.2. The van der Waals surface area contributed by atoms with E-state index in [1.807, 2.05) is 19.2 Å². The summed E-state index contributed by atoms with van der Waals surface area (Å²) in [6, 6.07) is 2.55. The first-order valence-electron chi connectivity index (χ1n) is 18.1. The molecule has 1 aromatic carbocycles. The summed E-state index contributed by atoms with van der Waals surface area (Å²) in [5, 5.41) is 17.4. The Morgan fingerprint density at radius 2 is 1.74 bits per heavy atom. The van der Waals surface area contributed by atoms with Crippen LogP contribution in [-0.4, -0.2) is 108 Å². The zero-order chi connectivity index (χ0) is 39.1. The molecule has 0 radical (unpaired) electrons. The normalized spacial score (nSPS) is 25.4. The second-order valence-electron chi connectivity index (χ2n) is 16.2. The van der Waals surface area contributed by atoms with Gasteiger partial charge in [-0.15, -0.1) is 0 Å². The van der Waals surface area contributed by atoms with Crippen molar-refractivity contribution < 1.29 is 57.5 Å². The van der Waals surface area contributed by atoms with Gasteiger partial charge in [-0.1, -0.05) is 6.07 Å². The number of piperidine rings is 1. The summed E-state index contributed by atoms with van der Waals surface area (Å²) in [6.45, 7) is 12.1. The number of nitrogens with zero attached hydrogens (tertiary/aromatic N) is 1. The van der Waals surface area contributed by atoms with Crippen LogP contribution in [0.4, 0.5) is 4.79 Å². The largest absolute Gasteiger partial charge is 0.493 e. The molecule has 1 unspecified atom stereocenters. The zero-order valence-corrected chi connectivity index (χ0v) is 32.1. The summed E-state index contributed by atoms with van der Waals surface area (Å²) < 4.78 is 34.0. The van der Waals surface area contributed by atoms with Crippen LogP contribution in [0.25, 0.3) is 0 Å². The van der Waals surface area contributed by atoms with Gasteiger partial charge in [0.05, 0.1) is 24.5 Å². The number of rotatable bonds is 12. The average Bonchev–Trinajstić information content (AvgIpc) is 3.40. The van der Waals surface area contributed by atoms with Crippen molar-refractivity contribution in [1.82, 2.24) is 15.5 Å². The quantitative estimate of drug-likeness (QED) is 0.210. The van der Waals surface area contributed by atoms with Gasteiger partial charge in [0.1, 0.15) is 23.0 Å². The molecule has 2 aliphatic heterocycles. The van der Waals surface area contributed by atoms with Crippen LogP contribution in [0.5, 0.6) is 11.5 Å². The number of esters is 3. The summed E-state index contributed by atoms with van der Waals surface area (Å²) in [5.74, 6) is -1.44. The highest BCUT2D eigenvalue weighted by Crippen LogP contribution is 2.65. The van der Waals surface area contributed by atoms with Crippen LogP contribution in [-0.2, 0) is 50.0 Å². The highest BCUT2D eigenvalue weighted by molar-refractivity contribution is 5.84. The van der Waals surface area contributed by atoms with Gasteiger partial charge in [-0.25, -0.2) is 14.4 Å². The van der Waals surface area contributed by atoms with Crippen molar-refractivity contribution in [2.45, 2.75) is 134 Å². The van der Waals surface area contributed by atoms with Crippen molar-refractivity contribution in [2.75, 3.05) is 27.2 Å². The molecule has 2 bridgehead atoms. The van der Waals surface area contributed by atoms with Gasteiger partial charge < -0.3 is 49.1 Å². The van der Waals surface area contributed by atoms with E-state index < -0.39 is 70.4 Å². The van der Waals surface area contributed by atoms with Crippen LogP contribution in [0.3, 0.4) is 0 Å². The molecule has 2 amide bonds. The SMILES string of the molecule is COc1ccc2c3c1O[C@H]1C(OC(=O)[C@H](C)OC(=O)CCNC(=O)CCC(NC(=O)OC(C)(C)C)C(=O)OC(C)(C)C)=CC[C@@]4(O)[C@@H](C2)N(C)CC[C@]314. The van der Waals surface area contributed by atoms with Crippen LogP contribution in [0.1, 0.15) is 91.7 Å². The molecular formula is C38H53N3O12. The maximum absolute atomic E-state index is 13.3. The van der Waals surface area contributed by atoms with E-state index in [0.29, 0.717) is 30.9 Å². The Balaban J connectivity index is 1.14. The Morgan fingerprint density at radius 1 is 1.04 bits per heavy atom. The Hall–Kier alpha value is -4.37. The lowest BCUT2D eigenvalue weighted by atomic mass is 9.50. The predicted molar refractivity (Wildman–Crippen MR) is 189 cm³/mol. The molecule has 15 nitrogen and oxygen atoms in total. The van der Waals surface area contributed by atoms with Gasteiger partial charge in [-0.3, -0.25) is 9.59 Å². The van der Waals surface area contributed by atoms with Crippen molar-refractivity contribution in [2.24, 2.45) is 0 Å². The van der Waals surface area contributed by atoms with E-state index in [1.165, 1.54) is 6.92 Å². The number of ether oxygens (including phenoxy) is 6. The number of hydrogen-bond acceptors (Lipinski definition) is 13. The number of methoxy groups -OCH3 is 1. The molecule has 2 aliphatic carbocycles. The topological polar surface area (TPSA) is 188 Å². The molecule has 3 N–H and O–H groups in total. The number of hydrogen-bond donors (Lipinski definition) is 3. The molecule has 0 aromatic heterocycles. The standard InChI is InChI=1S/C38H53N3O12/c1-21(49-28(43)15-18-39-27(42)13-11-23(33(45)52-35(2,3)4)40-34(46)53-36(5,6)7)32(44)50-25-14-16-38(47)26-20-22-10-12-24(48-9)30-29(22)37(38,31(25)51-30)17-19-41(26)8/h10,12,14,21,23,26,31,47H,11,13,15-20H2,1-9H3,(H,39,42)(H,40,46)/t21-,23?,26+,31-,37-,38+/m0/s1. The number of nitrogens with one attached hydrogen (secondary N) is 2. The molecule has 5 rings (SSSR count). The lowest BCUT2D eigenvalue weighted by molar-refractivity contribution is -0.175. The average molecular weight is 744 g/mol. The van der Waals surface area contributed by atoms with Gasteiger partial charge in [-0.05, 0) is 99.0 Å². The predicted octanol–water partition coefficient (Wildman–Crippen LogP) is 2.97. The van der Waals surface area contributed by atoms with Crippen LogP contribution in [0.2, 0.25) is 0 Å². The fraction of sp³-hybridized carbons (Fsp3) is 0.658. The summed E-state index contributed by atoms with van der Waals surface area (Å²) in [7, 11) is 3.56. The summed E-state index contributed by atoms with van der Waals surface area (Å²) in [4.78, 5) is 65.8. The van der Waals surface area contributed by atoms with Crippen LogP contribution < -0.4 is 20.1 Å². The Morgan fingerprint density at radius 3 is 2.40 bits per heavy atom. The maximum atomic E-state index is 13.3. The minimum absolute atomic E-state index is 0.0803. The first kappa shape index (κ1) is 39.8. The van der Waals surface area contributed by atoms with Gasteiger partial charge >= 0.3 is 24.0 Å². The third-order valence-corrected chi connectivity index (χ3v) is 10.1. The van der Waals surface area contributed by atoms with Crippen molar-refractivity contribution in [1.29, 1.82) is 0 Å². The molecule has 1 saturated heterocycles. The number of likely N-dealkylation sites (N-methyl/N-ethyl adjacent to an activating group) is 1. The number of amides is 2. The summed E-state index contributed by atoms with van der Waals surface area (Å²) in [5.41, 5.74) is -1.69. The molecule has 0 saturated carbocycles. The number of carbonyl (C=O) groups excluding carboxylic acids is 5. The number of carbonyl (C=O) groups is 5. The zero-order valence-electron chi connectivity index (χ0n) is 32.1. The van der Waals surface area contributed by atoms with Crippen LogP contribution in [0, 0.1) is 0 Å². The van der Waals surface area contributed by atoms with E-state index in [2.05, 4.69) is 15.5 Å². The number of aliphatic hydroxyl groups is 1. The van der Waals surface area contributed by atoms with E-state index >= 15 is 0 Å². The third kappa shape index (κ3) is 8.10. The molecule has 1 aromatic rings. The van der Waals surface area contributed by atoms with E-state index in [4.69, 9.17) is 28.4 Å². The molecule has 1 fully saturated rings. The highest BCUT2D eigenvalue weighted by atomic mass is 16.6. The van der Waals surface area contributed by atoms with Crippen LogP contribution >= 0.6 is 0 Å². The van der Waals surface area contributed by atoms with Gasteiger partial charge in [0.15, 0.2) is 23.7 Å². The van der Waals surface area contributed by atoms with Crippen molar-refractivity contribution in [3.63, 3.8) is 0 Å². The molecule has 2 heterocycles. The lowest BCUT2D eigenvalue weighted by Gasteiger charge is -2.61. The van der Waals surface area contributed by atoms with Gasteiger partial charge in [0.2, 0.25) is 5.91 Å². The Bertz CT molecular complexity index is 1660. The number of likely N-dealkylation sites (tertiary alicyclic amines) is 1. The number of alkyl carbamates (subject to hydrolysis) is 1. The second kappa shape index (κ2) is 14.8. The van der Waals surface area contributed by atoms with Gasteiger partial charge in [-0.2, -0.15) is 0 Å². The Kier molecular flexibility index (Phi) is 11.1. The van der Waals surface area contributed by atoms with E-state index in [1.54, 1.807) is 54.7 Å². The minimum atomic E-state index is -1.28. The van der Waals surface area contributed by atoms with Crippen LogP contribution in [0.15, 0.2) is 24.0 Å².